The summed E-state index contributed by atoms with van der Waals surface area (Å²) in [7, 11) is 1.36. The zero-order chi connectivity index (χ0) is 17.5. The van der Waals surface area contributed by atoms with Crippen LogP contribution < -0.4 is 11.1 Å². The molecule has 5 nitrogen and oxygen atoms in total. The minimum Gasteiger partial charge on any atom is -0.469 e. The first-order valence-corrected chi connectivity index (χ1v) is 9.52. The molecule has 3 unspecified atom stereocenters. The average molecular weight is 350 g/mol. The zero-order valence-electron chi connectivity index (χ0n) is 14.3. The number of thioether (sulfide) groups is 1. The predicted octanol–water partition coefficient (Wildman–Crippen LogP) is 2.65. The molecule has 2 rings (SSSR count). The van der Waals surface area contributed by atoms with Crippen molar-refractivity contribution in [1.82, 2.24) is 5.32 Å². The Hall–Kier alpha value is -1.53. The third-order valence-corrected chi connectivity index (χ3v) is 5.26. The third kappa shape index (κ3) is 5.24. The van der Waals surface area contributed by atoms with Gasteiger partial charge >= 0.3 is 5.97 Å². The van der Waals surface area contributed by atoms with Gasteiger partial charge in [-0.05, 0) is 43.2 Å². The minimum atomic E-state index is -0.376. The van der Waals surface area contributed by atoms with Crippen LogP contribution >= 0.6 is 11.8 Å². The van der Waals surface area contributed by atoms with Crippen LogP contribution in [-0.4, -0.2) is 31.3 Å². The van der Waals surface area contributed by atoms with Gasteiger partial charge in [0.2, 0.25) is 5.91 Å². The molecule has 132 valence electrons. The summed E-state index contributed by atoms with van der Waals surface area (Å²) in [5, 5.41) is 3.02. The summed E-state index contributed by atoms with van der Waals surface area (Å²) < 4.78 is 4.78. The van der Waals surface area contributed by atoms with Crippen LogP contribution in [-0.2, 0) is 14.3 Å². The first kappa shape index (κ1) is 18.8. The molecule has 0 saturated heterocycles. The quantitative estimate of drug-likeness (QED) is 0.609. The van der Waals surface area contributed by atoms with E-state index in [4.69, 9.17) is 10.5 Å². The van der Waals surface area contributed by atoms with Crippen molar-refractivity contribution in [2.45, 2.75) is 49.1 Å². The van der Waals surface area contributed by atoms with Crippen LogP contribution in [0.2, 0.25) is 0 Å². The first-order chi connectivity index (χ1) is 11.5. The Kier molecular flexibility index (Phi) is 7.12. The highest BCUT2D eigenvalue weighted by Crippen LogP contribution is 2.26. The van der Waals surface area contributed by atoms with E-state index in [0.717, 1.165) is 29.7 Å². The average Bonchev–Trinajstić information content (AvgIpc) is 2.61. The summed E-state index contributed by atoms with van der Waals surface area (Å²) >= 11 is 1.65. The maximum atomic E-state index is 12.6. The Balaban J connectivity index is 2.09. The van der Waals surface area contributed by atoms with E-state index < -0.39 is 0 Å². The van der Waals surface area contributed by atoms with E-state index in [1.54, 1.807) is 11.8 Å². The van der Waals surface area contributed by atoms with Crippen LogP contribution in [0.4, 0.5) is 0 Å². The number of hydrogen-bond acceptors (Lipinski definition) is 5. The lowest BCUT2D eigenvalue weighted by Crippen LogP contribution is -2.39. The van der Waals surface area contributed by atoms with E-state index in [0.29, 0.717) is 6.42 Å². The van der Waals surface area contributed by atoms with Gasteiger partial charge in [-0.15, -0.1) is 11.8 Å². The second kappa shape index (κ2) is 9.08. The van der Waals surface area contributed by atoms with Crippen molar-refractivity contribution >= 4 is 23.6 Å². The summed E-state index contributed by atoms with van der Waals surface area (Å²) in [6.07, 6.45) is 5.65. The Morgan fingerprint density at radius 3 is 2.62 bits per heavy atom. The smallest absolute Gasteiger partial charge is 0.307 e. The van der Waals surface area contributed by atoms with Gasteiger partial charge < -0.3 is 15.8 Å². The van der Waals surface area contributed by atoms with Gasteiger partial charge in [0, 0.05) is 16.9 Å². The largest absolute Gasteiger partial charge is 0.469 e. The Morgan fingerprint density at radius 2 is 2.04 bits per heavy atom. The number of esters is 1. The van der Waals surface area contributed by atoms with E-state index in [2.05, 4.69) is 5.32 Å². The van der Waals surface area contributed by atoms with Gasteiger partial charge in [0.1, 0.15) is 0 Å². The number of hydrogen-bond donors (Lipinski definition) is 2. The molecular formula is C18H26N2O3S. The Bertz CT molecular complexity index is 562. The lowest BCUT2D eigenvalue weighted by Gasteiger charge is -2.28. The summed E-state index contributed by atoms with van der Waals surface area (Å²) in [5.41, 5.74) is 6.89. The Morgan fingerprint density at radius 1 is 1.33 bits per heavy atom. The molecule has 6 heteroatoms. The molecule has 0 radical (unpaired) electrons. The molecule has 3 N–H and O–H groups in total. The predicted molar refractivity (Wildman–Crippen MR) is 95.7 cm³/mol. The number of carbonyl (C=O) groups excluding carboxylic acids is 2. The number of rotatable bonds is 6. The van der Waals surface area contributed by atoms with Crippen molar-refractivity contribution in [2.75, 3.05) is 13.4 Å². The highest BCUT2D eigenvalue weighted by molar-refractivity contribution is 7.98. The molecule has 0 aliphatic heterocycles. The second-order valence-electron chi connectivity index (χ2n) is 6.24. The lowest BCUT2D eigenvalue weighted by molar-refractivity contribution is -0.141. The van der Waals surface area contributed by atoms with Crippen molar-refractivity contribution in [3.63, 3.8) is 0 Å². The molecule has 0 spiro atoms. The molecular weight excluding hydrogens is 324 g/mol. The van der Waals surface area contributed by atoms with E-state index in [1.165, 1.54) is 7.11 Å². The molecule has 1 aromatic rings. The Labute approximate surface area is 147 Å². The van der Waals surface area contributed by atoms with Gasteiger partial charge in [-0.2, -0.15) is 0 Å². The normalized spacial score (nSPS) is 21.8. The monoisotopic (exact) mass is 350 g/mol. The zero-order valence-corrected chi connectivity index (χ0v) is 15.1. The maximum Gasteiger partial charge on any atom is 0.307 e. The molecule has 1 aliphatic rings. The van der Waals surface area contributed by atoms with Crippen molar-refractivity contribution in [3.8, 4) is 0 Å². The number of methoxy groups -OCH3 is 1. The molecule has 0 aromatic heterocycles. The molecule has 1 aliphatic carbocycles. The van der Waals surface area contributed by atoms with Gasteiger partial charge in [0.15, 0.2) is 0 Å². The highest BCUT2D eigenvalue weighted by Gasteiger charge is 2.28. The molecule has 3 atom stereocenters. The number of nitrogens with one attached hydrogen (secondary N) is 1. The topological polar surface area (TPSA) is 81.4 Å². The van der Waals surface area contributed by atoms with Gasteiger partial charge in [0.05, 0.1) is 19.6 Å². The van der Waals surface area contributed by atoms with Crippen LogP contribution in [0.3, 0.4) is 0 Å². The summed E-state index contributed by atoms with van der Waals surface area (Å²) in [4.78, 5) is 25.5. The van der Waals surface area contributed by atoms with Crippen LogP contribution in [0.1, 0.15) is 43.7 Å². The number of benzene rings is 1. The molecule has 0 heterocycles. The lowest BCUT2D eigenvalue weighted by atomic mass is 9.85. The van der Waals surface area contributed by atoms with Crippen LogP contribution in [0, 0.1) is 5.92 Å². The van der Waals surface area contributed by atoms with Crippen LogP contribution in [0.15, 0.2) is 29.2 Å². The van der Waals surface area contributed by atoms with Crippen molar-refractivity contribution in [1.29, 1.82) is 0 Å². The molecule has 1 amide bonds. The molecule has 1 aromatic carbocycles. The first-order valence-electron chi connectivity index (χ1n) is 8.30. The minimum absolute atomic E-state index is 0.0204. The molecule has 1 saturated carbocycles. The van der Waals surface area contributed by atoms with E-state index in [1.807, 2.05) is 30.5 Å². The fourth-order valence-corrected chi connectivity index (χ4v) is 3.50. The fraction of sp³-hybridized carbons (Fsp3) is 0.556. The third-order valence-electron chi connectivity index (χ3n) is 4.52. The summed E-state index contributed by atoms with van der Waals surface area (Å²) in [5.74, 6) is -0.429. The van der Waals surface area contributed by atoms with E-state index in [-0.39, 0.29) is 36.3 Å². The van der Waals surface area contributed by atoms with Crippen molar-refractivity contribution in [2.24, 2.45) is 11.7 Å². The number of carbonyl (C=O) groups is 2. The maximum absolute atomic E-state index is 12.6. The number of amides is 1. The highest BCUT2D eigenvalue weighted by atomic mass is 32.2. The molecule has 24 heavy (non-hydrogen) atoms. The van der Waals surface area contributed by atoms with E-state index in [9.17, 15) is 9.59 Å². The molecule has 0 bridgehead atoms. The number of nitrogens with two attached hydrogens (primary N) is 1. The number of ether oxygens (including phenoxy) is 1. The fourth-order valence-electron chi connectivity index (χ4n) is 3.09. The van der Waals surface area contributed by atoms with Crippen molar-refractivity contribution in [3.05, 3.63) is 29.8 Å². The summed E-state index contributed by atoms with van der Waals surface area (Å²) in [6.45, 7) is 0. The van der Waals surface area contributed by atoms with Crippen LogP contribution in [0.5, 0.6) is 0 Å². The van der Waals surface area contributed by atoms with Crippen molar-refractivity contribution < 1.29 is 14.3 Å². The van der Waals surface area contributed by atoms with E-state index >= 15 is 0 Å². The second-order valence-corrected chi connectivity index (χ2v) is 7.12. The standard InChI is InChI=1S/C18H26N2O3S/c1-23-17(21)11-16(12-6-8-15(24-2)9-7-12)20-18(22)13-4-3-5-14(19)10-13/h6-9,13-14,16H,3-5,10-11,19H2,1-2H3,(H,20,22). The van der Waals surface area contributed by atoms with Gasteiger partial charge in [-0.1, -0.05) is 18.6 Å². The van der Waals surface area contributed by atoms with Crippen LogP contribution in [0.25, 0.3) is 0 Å². The van der Waals surface area contributed by atoms with Gasteiger partial charge in [0.25, 0.3) is 0 Å². The molecule has 1 fully saturated rings. The van der Waals surface area contributed by atoms with Gasteiger partial charge in [-0.3, -0.25) is 9.59 Å². The van der Waals surface area contributed by atoms with Gasteiger partial charge in [-0.25, -0.2) is 0 Å². The SMILES string of the molecule is COC(=O)CC(NC(=O)C1CCCC(N)C1)c1ccc(SC)cc1. The summed E-state index contributed by atoms with van der Waals surface area (Å²) in [6, 6.07) is 7.60.